The van der Waals surface area contributed by atoms with Crippen molar-refractivity contribution in [1.29, 1.82) is 0 Å². The van der Waals surface area contributed by atoms with Crippen LogP contribution in [0, 0.1) is 0 Å². The van der Waals surface area contributed by atoms with E-state index in [2.05, 4.69) is 4.74 Å². The van der Waals surface area contributed by atoms with Crippen LogP contribution in [0.2, 0.25) is 0 Å². The Balaban J connectivity index is 2.08. The van der Waals surface area contributed by atoms with Gasteiger partial charge in [-0.2, -0.15) is 13.2 Å². The molecule has 0 spiro atoms. The summed E-state index contributed by atoms with van der Waals surface area (Å²) in [4.78, 5) is 0. The Labute approximate surface area is 110 Å². The monoisotopic (exact) mass is 280 g/mol. The summed E-state index contributed by atoms with van der Waals surface area (Å²) in [6.45, 7) is -1.05. The average Bonchev–Trinajstić information content (AvgIpc) is 2.33. The van der Waals surface area contributed by atoms with Crippen molar-refractivity contribution >= 4 is 11.6 Å². The van der Waals surface area contributed by atoms with Gasteiger partial charge < -0.3 is 4.74 Å². The second-order valence-electron chi connectivity index (χ2n) is 4.04. The highest BCUT2D eigenvalue weighted by molar-refractivity contribution is 6.20. The predicted molar refractivity (Wildman–Crippen MR) is 65.8 cm³/mol. The molecular formula is C13H16ClF3O. The zero-order valence-corrected chi connectivity index (χ0v) is 10.7. The smallest absolute Gasteiger partial charge is 0.372 e. The summed E-state index contributed by atoms with van der Waals surface area (Å²) in [6, 6.07) is 9.63. The zero-order valence-electron chi connectivity index (χ0n) is 9.92. The van der Waals surface area contributed by atoms with Gasteiger partial charge in [0.05, 0.1) is 5.38 Å². The van der Waals surface area contributed by atoms with E-state index >= 15 is 0 Å². The minimum absolute atomic E-state index is 0.0891. The molecule has 0 saturated heterocycles. The minimum Gasteiger partial charge on any atom is -0.372 e. The third kappa shape index (κ3) is 6.87. The number of unbranched alkanes of at least 4 members (excludes halogenated alkanes) is 1. The van der Waals surface area contributed by atoms with Crippen molar-refractivity contribution in [3.8, 4) is 0 Å². The van der Waals surface area contributed by atoms with E-state index in [1.807, 2.05) is 30.3 Å². The molecule has 1 aromatic rings. The Morgan fingerprint density at radius 2 is 1.78 bits per heavy atom. The molecule has 0 saturated carbocycles. The normalized spacial score (nSPS) is 13.6. The van der Waals surface area contributed by atoms with Crippen molar-refractivity contribution in [2.45, 2.75) is 30.8 Å². The molecule has 0 radical (unpaired) electrons. The van der Waals surface area contributed by atoms with Gasteiger partial charge in [-0.15, -0.1) is 11.6 Å². The van der Waals surface area contributed by atoms with Crippen LogP contribution in [0.15, 0.2) is 30.3 Å². The number of alkyl halides is 4. The van der Waals surface area contributed by atoms with Crippen LogP contribution in [0.4, 0.5) is 13.2 Å². The van der Waals surface area contributed by atoms with Gasteiger partial charge in [0.2, 0.25) is 0 Å². The van der Waals surface area contributed by atoms with Crippen molar-refractivity contribution in [3.05, 3.63) is 35.9 Å². The molecule has 102 valence electrons. The number of halogens is 4. The summed E-state index contributed by atoms with van der Waals surface area (Å²) in [7, 11) is 0. The predicted octanol–water partition coefficient (Wildman–Crippen LogP) is 4.72. The van der Waals surface area contributed by atoms with Crippen LogP contribution in [-0.2, 0) is 4.74 Å². The van der Waals surface area contributed by atoms with E-state index in [1.165, 1.54) is 0 Å². The first-order valence-electron chi connectivity index (χ1n) is 5.82. The highest BCUT2D eigenvalue weighted by atomic mass is 35.5. The molecule has 1 aromatic carbocycles. The van der Waals surface area contributed by atoms with Crippen LogP contribution >= 0.6 is 11.6 Å². The summed E-state index contributed by atoms with van der Waals surface area (Å²) < 4.78 is 39.8. The summed E-state index contributed by atoms with van der Waals surface area (Å²) >= 11 is 6.17. The SMILES string of the molecule is FC(F)(F)COCCCCC(Cl)c1ccccc1. The molecule has 0 N–H and O–H groups in total. The van der Waals surface area contributed by atoms with Gasteiger partial charge in [0, 0.05) is 6.61 Å². The third-order valence-electron chi connectivity index (χ3n) is 2.42. The highest BCUT2D eigenvalue weighted by Crippen LogP contribution is 2.25. The van der Waals surface area contributed by atoms with Gasteiger partial charge in [-0.1, -0.05) is 30.3 Å². The number of hydrogen-bond acceptors (Lipinski definition) is 1. The Hall–Kier alpha value is -0.740. The number of benzene rings is 1. The second-order valence-corrected chi connectivity index (χ2v) is 4.57. The van der Waals surface area contributed by atoms with Gasteiger partial charge in [-0.25, -0.2) is 0 Å². The number of rotatable bonds is 7. The number of hydrogen-bond donors (Lipinski definition) is 0. The second kappa shape index (κ2) is 7.64. The van der Waals surface area contributed by atoms with Gasteiger partial charge in [-0.05, 0) is 24.8 Å². The maximum Gasteiger partial charge on any atom is 0.411 e. The van der Waals surface area contributed by atoms with Crippen molar-refractivity contribution in [2.75, 3.05) is 13.2 Å². The molecule has 0 aliphatic rings. The van der Waals surface area contributed by atoms with Crippen LogP contribution in [0.25, 0.3) is 0 Å². The molecule has 1 atom stereocenters. The third-order valence-corrected chi connectivity index (χ3v) is 2.89. The lowest BCUT2D eigenvalue weighted by atomic mass is 10.1. The lowest BCUT2D eigenvalue weighted by Gasteiger charge is -2.10. The fraction of sp³-hybridized carbons (Fsp3) is 0.538. The minimum atomic E-state index is -4.24. The molecule has 1 unspecified atom stereocenters. The van der Waals surface area contributed by atoms with E-state index in [1.54, 1.807) is 0 Å². The van der Waals surface area contributed by atoms with Crippen LogP contribution in [0.3, 0.4) is 0 Å². The van der Waals surface area contributed by atoms with Gasteiger partial charge in [0.25, 0.3) is 0 Å². The van der Waals surface area contributed by atoms with Crippen molar-refractivity contribution in [1.82, 2.24) is 0 Å². The summed E-state index contributed by atoms with van der Waals surface area (Å²) in [6.07, 6.45) is -2.16. The average molecular weight is 281 g/mol. The Morgan fingerprint density at radius 3 is 2.39 bits per heavy atom. The summed E-state index contributed by atoms with van der Waals surface area (Å²) in [5.74, 6) is 0. The molecule has 0 aliphatic carbocycles. The van der Waals surface area contributed by atoms with Gasteiger partial charge >= 0.3 is 6.18 Å². The molecule has 0 aromatic heterocycles. The Bertz CT molecular complexity index is 327. The molecule has 1 nitrogen and oxygen atoms in total. The molecule has 18 heavy (non-hydrogen) atoms. The topological polar surface area (TPSA) is 9.23 Å². The lowest BCUT2D eigenvalue weighted by molar-refractivity contribution is -0.174. The lowest BCUT2D eigenvalue weighted by Crippen LogP contribution is -2.17. The van der Waals surface area contributed by atoms with Crippen molar-refractivity contribution in [3.63, 3.8) is 0 Å². The maximum absolute atomic E-state index is 11.8. The molecule has 0 aliphatic heterocycles. The molecule has 1 rings (SSSR count). The zero-order chi connectivity index (χ0) is 13.4. The fourth-order valence-corrected chi connectivity index (χ4v) is 1.84. The largest absolute Gasteiger partial charge is 0.411 e. The number of ether oxygens (including phenoxy) is 1. The first-order chi connectivity index (χ1) is 8.49. The van der Waals surface area contributed by atoms with Crippen molar-refractivity contribution in [2.24, 2.45) is 0 Å². The van der Waals surface area contributed by atoms with E-state index in [0.717, 1.165) is 18.4 Å². The first-order valence-corrected chi connectivity index (χ1v) is 6.26. The van der Waals surface area contributed by atoms with E-state index < -0.39 is 12.8 Å². The fourth-order valence-electron chi connectivity index (χ4n) is 1.54. The molecule has 5 heteroatoms. The quantitative estimate of drug-likeness (QED) is 0.519. The molecule has 0 bridgehead atoms. The highest BCUT2D eigenvalue weighted by Gasteiger charge is 2.27. The molecular weight excluding hydrogens is 265 g/mol. The van der Waals surface area contributed by atoms with E-state index in [9.17, 15) is 13.2 Å². The standard InChI is InChI=1S/C13H16ClF3O/c14-12(11-6-2-1-3-7-11)8-4-5-9-18-10-13(15,16)17/h1-3,6-7,12H,4-5,8-10H2. The van der Waals surface area contributed by atoms with E-state index in [0.29, 0.717) is 6.42 Å². The maximum atomic E-state index is 11.8. The first kappa shape index (κ1) is 15.3. The van der Waals surface area contributed by atoms with Gasteiger partial charge in [-0.3, -0.25) is 0 Å². The van der Waals surface area contributed by atoms with Crippen molar-refractivity contribution < 1.29 is 17.9 Å². The summed E-state index contributed by atoms with van der Waals surface area (Å²) in [5.41, 5.74) is 1.04. The van der Waals surface area contributed by atoms with E-state index in [-0.39, 0.29) is 12.0 Å². The molecule has 0 fully saturated rings. The Kier molecular flexibility index (Phi) is 6.50. The van der Waals surface area contributed by atoms with Crippen LogP contribution in [0.1, 0.15) is 30.2 Å². The molecule has 0 amide bonds. The Morgan fingerprint density at radius 1 is 1.11 bits per heavy atom. The van der Waals surface area contributed by atoms with Crippen LogP contribution in [-0.4, -0.2) is 19.4 Å². The molecule has 0 heterocycles. The van der Waals surface area contributed by atoms with Gasteiger partial charge in [0.1, 0.15) is 6.61 Å². The van der Waals surface area contributed by atoms with Crippen LogP contribution < -0.4 is 0 Å². The van der Waals surface area contributed by atoms with Crippen LogP contribution in [0.5, 0.6) is 0 Å². The van der Waals surface area contributed by atoms with Gasteiger partial charge in [0.15, 0.2) is 0 Å². The summed E-state index contributed by atoms with van der Waals surface area (Å²) in [5, 5.41) is -0.0891. The van der Waals surface area contributed by atoms with E-state index in [4.69, 9.17) is 11.6 Å².